The highest BCUT2D eigenvalue weighted by atomic mass is 16.1. The maximum Gasteiger partial charge on any atom is 0.221 e. The van der Waals surface area contributed by atoms with Crippen LogP contribution >= 0.6 is 0 Å². The largest absolute Gasteiger partial charge is 0.354 e. The van der Waals surface area contributed by atoms with E-state index in [4.69, 9.17) is 5.73 Å². The number of amides is 1. The number of fused-ring (bicyclic) bond motifs is 1. The van der Waals surface area contributed by atoms with E-state index in [0.29, 0.717) is 25.4 Å². The van der Waals surface area contributed by atoms with Gasteiger partial charge in [0.15, 0.2) is 0 Å². The number of para-hydroxylation sites is 2. The van der Waals surface area contributed by atoms with E-state index in [-0.39, 0.29) is 11.9 Å². The van der Waals surface area contributed by atoms with Gasteiger partial charge in [-0.3, -0.25) is 4.79 Å². The first-order valence-corrected chi connectivity index (χ1v) is 7.16. The Morgan fingerprint density at radius 1 is 1.45 bits per heavy atom. The van der Waals surface area contributed by atoms with Gasteiger partial charge in [0, 0.05) is 25.6 Å². The number of aromatic nitrogens is 2. The molecule has 1 aromatic carbocycles. The van der Waals surface area contributed by atoms with Gasteiger partial charge in [0.2, 0.25) is 5.91 Å². The van der Waals surface area contributed by atoms with Crippen LogP contribution in [0.5, 0.6) is 0 Å². The second-order valence-electron chi connectivity index (χ2n) is 5.48. The monoisotopic (exact) mass is 272 g/mol. The lowest BCUT2D eigenvalue weighted by Crippen LogP contribution is -2.38. The fourth-order valence-corrected chi connectivity index (χ4v) is 2.42. The minimum Gasteiger partial charge on any atom is -0.354 e. The Labute approximate surface area is 118 Å². The van der Waals surface area contributed by atoms with Crippen molar-refractivity contribution in [3.8, 4) is 0 Å². The minimum absolute atomic E-state index is 0.0545. The summed E-state index contributed by atoms with van der Waals surface area (Å²) in [5.41, 5.74) is 7.99. The summed E-state index contributed by atoms with van der Waals surface area (Å²) in [6, 6.07) is 8.05. The summed E-state index contributed by atoms with van der Waals surface area (Å²) >= 11 is 0. The molecule has 1 aliphatic rings. The van der Waals surface area contributed by atoms with Crippen molar-refractivity contribution in [1.29, 1.82) is 0 Å². The molecule has 5 heteroatoms. The molecule has 20 heavy (non-hydrogen) atoms. The van der Waals surface area contributed by atoms with Crippen molar-refractivity contribution in [2.45, 2.75) is 31.8 Å². The zero-order valence-electron chi connectivity index (χ0n) is 11.5. The van der Waals surface area contributed by atoms with E-state index in [1.807, 2.05) is 28.8 Å². The number of benzene rings is 1. The number of aryl methyl sites for hydroxylation is 1. The molecule has 1 fully saturated rings. The number of hydrogen-bond donors (Lipinski definition) is 2. The van der Waals surface area contributed by atoms with Gasteiger partial charge in [-0.2, -0.15) is 0 Å². The molecule has 1 heterocycles. The summed E-state index contributed by atoms with van der Waals surface area (Å²) < 4.78 is 2.01. The predicted octanol–water partition coefficient (Wildman–Crippen LogP) is 1.28. The molecule has 1 amide bonds. The number of nitrogens with zero attached hydrogens (tertiary/aromatic N) is 2. The topological polar surface area (TPSA) is 72.9 Å². The number of carbonyl (C=O) groups excluding carboxylic acids is 1. The highest BCUT2D eigenvalue weighted by Gasteiger charge is 2.28. The molecule has 0 bridgehead atoms. The van der Waals surface area contributed by atoms with Gasteiger partial charge in [0.05, 0.1) is 17.4 Å². The van der Waals surface area contributed by atoms with Gasteiger partial charge in [-0.15, -0.1) is 0 Å². The normalized spacial score (nSPS) is 16.2. The number of hydrogen-bond acceptors (Lipinski definition) is 3. The first kappa shape index (κ1) is 13.1. The molecule has 0 spiro atoms. The predicted molar refractivity (Wildman–Crippen MR) is 78.1 cm³/mol. The van der Waals surface area contributed by atoms with Crippen molar-refractivity contribution in [2.75, 3.05) is 6.54 Å². The molecule has 0 radical (unpaired) electrons. The van der Waals surface area contributed by atoms with Gasteiger partial charge >= 0.3 is 0 Å². The average molecular weight is 272 g/mol. The van der Waals surface area contributed by atoms with Crippen molar-refractivity contribution in [3.63, 3.8) is 0 Å². The van der Waals surface area contributed by atoms with E-state index in [1.165, 1.54) is 12.8 Å². The Morgan fingerprint density at radius 3 is 3.05 bits per heavy atom. The van der Waals surface area contributed by atoms with Crippen LogP contribution in [0.3, 0.4) is 0 Å². The summed E-state index contributed by atoms with van der Waals surface area (Å²) in [4.78, 5) is 16.1. The van der Waals surface area contributed by atoms with Crippen molar-refractivity contribution < 1.29 is 4.79 Å². The zero-order valence-corrected chi connectivity index (χ0v) is 11.5. The van der Waals surface area contributed by atoms with Gasteiger partial charge < -0.3 is 15.6 Å². The molecule has 3 rings (SSSR count). The number of imidazole rings is 1. The van der Waals surface area contributed by atoms with E-state index in [2.05, 4.69) is 10.3 Å². The van der Waals surface area contributed by atoms with Crippen LogP contribution in [0.4, 0.5) is 0 Å². The van der Waals surface area contributed by atoms with Crippen LogP contribution in [0.2, 0.25) is 0 Å². The minimum atomic E-state index is 0.0545. The molecule has 2 aromatic rings. The van der Waals surface area contributed by atoms with E-state index < -0.39 is 0 Å². The maximum absolute atomic E-state index is 11.8. The molecule has 0 aliphatic heterocycles. The Hall–Kier alpha value is -1.88. The summed E-state index contributed by atoms with van der Waals surface area (Å²) in [7, 11) is 0. The second kappa shape index (κ2) is 5.63. The number of nitrogens with two attached hydrogens (primary N) is 1. The Kier molecular flexibility index (Phi) is 3.69. The van der Waals surface area contributed by atoms with Crippen LogP contribution in [0, 0.1) is 5.92 Å². The van der Waals surface area contributed by atoms with Crippen molar-refractivity contribution in [3.05, 3.63) is 30.6 Å². The van der Waals surface area contributed by atoms with Crippen molar-refractivity contribution in [1.82, 2.24) is 14.9 Å². The van der Waals surface area contributed by atoms with Crippen molar-refractivity contribution in [2.24, 2.45) is 11.7 Å². The Bertz CT molecular complexity index is 603. The highest BCUT2D eigenvalue weighted by molar-refractivity contribution is 5.77. The number of nitrogens with one attached hydrogen (secondary N) is 1. The first-order chi connectivity index (χ1) is 9.74. The summed E-state index contributed by atoms with van der Waals surface area (Å²) in [6.45, 7) is 1.24. The molecule has 1 atom stereocenters. The van der Waals surface area contributed by atoms with Crippen LogP contribution in [-0.2, 0) is 11.3 Å². The molecule has 1 saturated carbocycles. The fourth-order valence-electron chi connectivity index (χ4n) is 2.42. The third-order valence-electron chi connectivity index (χ3n) is 3.87. The van der Waals surface area contributed by atoms with Crippen LogP contribution in [0.15, 0.2) is 30.6 Å². The lowest BCUT2D eigenvalue weighted by Gasteiger charge is -2.11. The summed E-state index contributed by atoms with van der Waals surface area (Å²) in [6.07, 6.45) is 4.65. The van der Waals surface area contributed by atoms with E-state index >= 15 is 0 Å². The third kappa shape index (κ3) is 2.99. The lowest BCUT2D eigenvalue weighted by molar-refractivity contribution is -0.121. The molecule has 1 aliphatic carbocycles. The zero-order chi connectivity index (χ0) is 13.9. The average Bonchev–Trinajstić information content (AvgIpc) is 3.24. The van der Waals surface area contributed by atoms with Gasteiger partial charge in [-0.1, -0.05) is 12.1 Å². The van der Waals surface area contributed by atoms with Gasteiger partial charge in [-0.25, -0.2) is 4.98 Å². The van der Waals surface area contributed by atoms with E-state index in [0.717, 1.165) is 11.0 Å². The van der Waals surface area contributed by atoms with Gasteiger partial charge in [-0.05, 0) is 30.9 Å². The molecule has 5 nitrogen and oxygen atoms in total. The number of rotatable bonds is 6. The standard InChI is InChI=1S/C15H20N4O/c16-12(11-5-6-11)9-17-15(20)7-8-19-10-18-13-3-1-2-4-14(13)19/h1-4,10-12H,5-9,16H2,(H,17,20). The Morgan fingerprint density at radius 2 is 2.25 bits per heavy atom. The van der Waals surface area contributed by atoms with Crippen LogP contribution < -0.4 is 11.1 Å². The summed E-state index contributed by atoms with van der Waals surface area (Å²) in [5, 5.41) is 2.92. The Balaban J connectivity index is 1.49. The SMILES string of the molecule is NC(CNC(=O)CCn1cnc2ccccc21)C1CC1. The number of carbonyl (C=O) groups is 1. The highest BCUT2D eigenvalue weighted by Crippen LogP contribution is 2.31. The maximum atomic E-state index is 11.8. The third-order valence-corrected chi connectivity index (χ3v) is 3.87. The fraction of sp³-hybridized carbons (Fsp3) is 0.467. The molecule has 1 unspecified atom stereocenters. The molecule has 0 saturated heterocycles. The smallest absolute Gasteiger partial charge is 0.221 e. The second-order valence-corrected chi connectivity index (χ2v) is 5.48. The van der Waals surface area contributed by atoms with Crippen LogP contribution in [0.1, 0.15) is 19.3 Å². The molecule has 3 N–H and O–H groups in total. The molecule has 106 valence electrons. The quantitative estimate of drug-likeness (QED) is 0.832. The van der Waals surface area contributed by atoms with Gasteiger partial charge in [0.25, 0.3) is 0 Å². The molecule has 1 aromatic heterocycles. The first-order valence-electron chi connectivity index (χ1n) is 7.16. The summed E-state index contributed by atoms with van der Waals surface area (Å²) in [5.74, 6) is 0.673. The lowest BCUT2D eigenvalue weighted by atomic mass is 10.2. The van der Waals surface area contributed by atoms with Gasteiger partial charge in [0.1, 0.15) is 0 Å². The molecular formula is C15H20N4O. The van der Waals surface area contributed by atoms with E-state index in [9.17, 15) is 4.79 Å². The van der Waals surface area contributed by atoms with Crippen LogP contribution in [0.25, 0.3) is 11.0 Å². The van der Waals surface area contributed by atoms with Crippen molar-refractivity contribution >= 4 is 16.9 Å². The van der Waals surface area contributed by atoms with Crippen LogP contribution in [-0.4, -0.2) is 28.0 Å². The molecular weight excluding hydrogens is 252 g/mol. The van der Waals surface area contributed by atoms with E-state index in [1.54, 1.807) is 6.33 Å².